The lowest BCUT2D eigenvalue weighted by Gasteiger charge is -2.37. The van der Waals surface area contributed by atoms with Gasteiger partial charge in [0.2, 0.25) is 5.91 Å². The van der Waals surface area contributed by atoms with E-state index in [-0.39, 0.29) is 23.6 Å². The van der Waals surface area contributed by atoms with E-state index in [4.69, 9.17) is 0 Å². The maximum absolute atomic E-state index is 13.4. The normalized spacial score (nSPS) is 18.1. The first kappa shape index (κ1) is 20.3. The van der Waals surface area contributed by atoms with Crippen LogP contribution in [0.4, 0.5) is 0 Å². The van der Waals surface area contributed by atoms with Crippen LogP contribution < -0.4 is 4.90 Å². The molecule has 2 aromatic rings. The minimum absolute atomic E-state index is 0.127. The van der Waals surface area contributed by atoms with Crippen LogP contribution in [0.15, 0.2) is 54.6 Å². The third kappa shape index (κ3) is 3.75. The van der Waals surface area contributed by atoms with Crippen LogP contribution in [0.25, 0.3) is 0 Å². The van der Waals surface area contributed by atoms with Crippen molar-refractivity contribution >= 4 is 17.7 Å². The van der Waals surface area contributed by atoms with Gasteiger partial charge >= 0.3 is 0 Å². The lowest BCUT2D eigenvalue weighted by Crippen LogP contribution is -3.13. The molecule has 1 saturated heterocycles. The highest BCUT2D eigenvalue weighted by Crippen LogP contribution is 2.28. The standard InChI is InChI=1S/C24H27N3O3/c1-17(2)21(27-22(28)19-10-6-7-11-20(19)23(27)29)24(30)26-14-12-25(13-15-26)16-18-8-4-3-5-9-18/h3-11,17,21H,12-16H2,1-2H3/p+1/t21-/m0/s1. The molecule has 3 amide bonds. The highest BCUT2D eigenvalue weighted by molar-refractivity contribution is 6.22. The van der Waals surface area contributed by atoms with Gasteiger partial charge in [-0.15, -0.1) is 0 Å². The van der Waals surface area contributed by atoms with Crippen molar-refractivity contribution in [2.75, 3.05) is 26.2 Å². The first-order valence-corrected chi connectivity index (χ1v) is 10.6. The number of rotatable bonds is 5. The summed E-state index contributed by atoms with van der Waals surface area (Å²) in [5.41, 5.74) is 2.06. The number of benzene rings is 2. The first-order valence-electron chi connectivity index (χ1n) is 10.6. The van der Waals surface area contributed by atoms with Crippen molar-refractivity contribution in [3.8, 4) is 0 Å². The topological polar surface area (TPSA) is 62.1 Å². The number of carbonyl (C=O) groups is 3. The SMILES string of the molecule is CC(C)[C@@H](C(=O)N1CC[NH+](Cc2ccccc2)CC1)N1C(=O)c2ccccc2C1=O. The first-order chi connectivity index (χ1) is 14.5. The van der Waals surface area contributed by atoms with E-state index < -0.39 is 6.04 Å². The van der Waals surface area contributed by atoms with Crippen LogP contribution >= 0.6 is 0 Å². The van der Waals surface area contributed by atoms with Gasteiger partial charge in [-0.3, -0.25) is 19.3 Å². The molecule has 0 radical (unpaired) electrons. The van der Waals surface area contributed by atoms with Gasteiger partial charge in [-0.1, -0.05) is 56.3 Å². The average Bonchev–Trinajstić information content (AvgIpc) is 3.00. The van der Waals surface area contributed by atoms with Crippen LogP contribution in [0.2, 0.25) is 0 Å². The number of hydrogen-bond acceptors (Lipinski definition) is 3. The number of piperazine rings is 1. The monoisotopic (exact) mass is 406 g/mol. The van der Waals surface area contributed by atoms with Crippen molar-refractivity contribution in [1.29, 1.82) is 0 Å². The van der Waals surface area contributed by atoms with E-state index in [0.717, 1.165) is 19.6 Å². The zero-order valence-electron chi connectivity index (χ0n) is 17.5. The van der Waals surface area contributed by atoms with Gasteiger partial charge in [0, 0.05) is 5.56 Å². The Morgan fingerprint density at radius 2 is 1.43 bits per heavy atom. The Balaban J connectivity index is 1.45. The highest BCUT2D eigenvalue weighted by Gasteiger charge is 2.45. The number of quaternary nitrogens is 1. The molecule has 30 heavy (non-hydrogen) atoms. The lowest BCUT2D eigenvalue weighted by molar-refractivity contribution is -0.917. The molecule has 0 aliphatic carbocycles. The number of amides is 3. The predicted molar refractivity (Wildman–Crippen MR) is 113 cm³/mol. The number of imide groups is 1. The van der Waals surface area contributed by atoms with Gasteiger partial charge in [-0.2, -0.15) is 0 Å². The van der Waals surface area contributed by atoms with Crippen molar-refractivity contribution in [2.24, 2.45) is 5.92 Å². The number of fused-ring (bicyclic) bond motifs is 1. The Bertz CT molecular complexity index is 914. The minimum Gasteiger partial charge on any atom is -0.330 e. The Labute approximate surface area is 177 Å². The molecular weight excluding hydrogens is 378 g/mol. The molecule has 2 heterocycles. The van der Waals surface area contributed by atoms with Crippen LogP contribution in [-0.2, 0) is 11.3 Å². The molecule has 6 nitrogen and oxygen atoms in total. The van der Waals surface area contributed by atoms with Gasteiger partial charge in [-0.05, 0) is 18.1 Å². The van der Waals surface area contributed by atoms with E-state index in [1.165, 1.54) is 15.4 Å². The molecule has 0 unspecified atom stereocenters. The molecule has 0 bridgehead atoms. The van der Waals surface area contributed by atoms with Gasteiger partial charge in [0.05, 0.1) is 37.3 Å². The maximum Gasteiger partial charge on any atom is 0.262 e. The highest BCUT2D eigenvalue weighted by atomic mass is 16.2. The summed E-state index contributed by atoms with van der Waals surface area (Å²) in [6, 6.07) is 16.4. The number of carbonyl (C=O) groups excluding carboxylic acids is 3. The number of nitrogens with one attached hydrogen (secondary N) is 1. The largest absolute Gasteiger partial charge is 0.330 e. The van der Waals surface area contributed by atoms with Crippen molar-refractivity contribution in [3.05, 3.63) is 71.3 Å². The smallest absolute Gasteiger partial charge is 0.262 e. The molecule has 2 aromatic carbocycles. The van der Waals surface area contributed by atoms with E-state index in [0.29, 0.717) is 24.2 Å². The van der Waals surface area contributed by atoms with Crippen LogP contribution in [0.5, 0.6) is 0 Å². The fourth-order valence-electron chi connectivity index (χ4n) is 4.45. The second-order valence-electron chi connectivity index (χ2n) is 8.45. The van der Waals surface area contributed by atoms with E-state index in [2.05, 4.69) is 12.1 Å². The third-order valence-electron chi connectivity index (χ3n) is 6.07. The van der Waals surface area contributed by atoms with Gasteiger partial charge in [0.1, 0.15) is 12.6 Å². The fraction of sp³-hybridized carbons (Fsp3) is 0.375. The van der Waals surface area contributed by atoms with Gasteiger partial charge in [-0.25, -0.2) is 0 Å². The average molecular weight is 407 g/mol. The maximum atomic E-state index is 13.4. The molecule has 2 aliphatic rings. The molecule has 0 spiro atoms. The van der Waals surface area contributed by atoms with Crippen LogP contribution in [-0.4, -0.2) is 59.7 Å². The molecular formula is C24H28N3O3+. The molecule has 6 heteroatoms. The Kier molecular flexibility index (Phi) is 5.68. The van der Waals surface area contributed by atoms with Crippen LogP contribution in [0, 0.1) is 5.92 Å². The van der Waals surface area contributed by atoms with E-state index in [1.807, 2.05) is 36.9 Å². The second-order valence-corrected chi connectivity index (χ2v) is 8.45. The lowest BCUT2D eigenvalue weighted by atomic mass is 10.0. The molecule has 4 rings (SSSR count). The summed E-state index contributed by atoms with van der Waals surface area (Å²) in [4.78, 5) is 43.7. The molecule has 156 valence electrons. The number of nitrogens with zero attached hydrogens (tertiary/aromatic N) is 2. The molecule has 0 aromatic heterocycles. The quantitative estimate of drug-likeness (QED) is 0.760. The summed E-state index contributed by atoms with van der Waals surface area (Å²) in [6.45, 7) is 7.70. The zero-order chi connectivity index (χ0) is 21.3. The molecule has 1 N–H and O–H groups in total. The van der Waals surface area contributed by atoms with Crippen molar-refractivity contribution < 1.29 is 19.3 Å². The third-order valence-corrected chi connectivity index (χ3v) is 6.07. The predicted octanol–water partition coefficient (Wildman–Crippen LogP) is 1.23. The van der Waals surface area contributed by atoms with E-state index >= 15 is 0 Å². The summed E-state index contributed by atoms with van der Waals surface area (Å²) in [5, 5.41) is 0. The van der Waals surface area contributed by atoms with Crippen molar-refractivity contribution in [3.63, 3.8) is 0 Å². The summed E-state index contributed by atoms with van der Waals surface area (Å²) in [7, 11) is 0. The summed E-state index contributed by atoms with van der Waals surface area (Å²) in [5.74, 6) is -1.01. The molecule has 1 atom stereocenters. The summed E-state index contributed by atoms with van der Waals surface area (Å²) < 4.78 is 0. The van der Waals surface area contributed by atoms with Crippen LogP contribution in [0.3, 0.4) is 0 Å². The zero-order valence-corrected chi connectivity index (χ0v) is 17.5. The van der Waals surface area contributed by atoms with Gasteiger partial charge in [0.25, 0.3) is 11.8 Å². The van der Waals surface area contributed by atoms with Crippen molar-refractivity contribution in [2.45, 2.75) is 26.4 Å². The molecule has 1 fully saturated rings. The summed E-state index contributed by atoms with van der Waals surface area (Å²) >= 11 is 0. The van der Waals surface area contributed by atoms with Gasteiger partial charge in [0.15, 0.2) is 0 Å². The Morgan fingerprint density at radius 1 is 0.900 bits per heavy atom. The molecule has 2 aliphatic heterocycles. The van der Waals surface area contributed by atoms with Crippen LogP contribution in [0.1, 0.15) is 40.1 Å². The Hall–Kier alpha value is -2.99. The van der Waals surface area contributed by atoms with Gasteiger partial charge < -0.3 is 9.80 Å². The van der Waals surface area contributed by atoms with E-state index in [1.54, 1.807) is 24.3 Å². The summed E-state index contributed by atoms with van der Waals surface area (Å²) in [6.07, 6.45) is 0. The second kappa shape index (κ2) is 8.40. The molecule has 0 saturated carbocycles. The minimum atomic E-state index is -0.770. The fourth-order valence-corrected chi connectivity index (χ4v) is 4.45. The number of hydrogen-bond donors (Lipinski definition) is 1. The Morgan fingerprint density at radius 3 is 1.97 bits per heavy atom. The van der Waals surface area contributed by atoms with E-state index in [9.17, 15) is 14.4 Å². The van der Waals surface area contributed by atoms with Crippen molar-refractivity contribution in [1.82, 2.24) is 9.80 Å².